The first kappa shape index (κ1) is 15.2. The fourth-order valence-corrected chi connectivity index (χ4v) is 1.71. The number of ether oxygens (including phenoxy) is 1. The fourth-order valence-electron chi connectivity index (χ4n) is 1.71. The van der Waals surface area contributed by atoms with Crippen molar-refractivity contribution in [3.63, 3.8) is 0 Å². The highest BCUT2D eigenvalue weighted by molar-refractivity contribution is 5.46. The zero-order valence-electron chi connectivity index (χ0n) is 11.4. The molecule has 2 rings (SSSR count). The number of rotatable bonds is 5. The number of aromatic nitrogens is 1. The number of hydrogen-bond donors (Lipinski definition) is 1. The van der Waals surface area contributed by atoms with E-state index >= 15 is 0 Å². The Morgan fingerprint density at radius 3 is 2.67 bits per heavy atom. The third-order valence-corrected chi connectivity index (χ3v) is 2.69. The highest BCUT2D eigenvalue weighted by Gasteiger charge is 2.30. The van der Waals surface area contributed by atoms with E-state index in [1.54, 1.807) is 12.3 Å². The minimum Gasteiger partial charge on any atom is -0.456 e. The number of hydrogen-bond acceptors (Lipinski definition) is 3. The molecule has 0 aliphatic rings. The average Bonchev–Trinajstić information content (AvgIpc) is 2.45. The van der Waals surface area contributed by atoms with Gasteiger partial charge in [-0.2, -0.15) is 13.2 Å². The van der Waals surface area contributed by atoms with Crippen molar-refractivity contribution in [2.45, 2.75) is 19.5 Å². The zero-order valence-corrected chi connectivity index (χ0v) is 11.4. The smallest absolute Gasteiger partial charge is 0.416 e. The minimum atomic E-state index is -4.39. The monoisotopic (exact) mass is 296 g/mol. The molecule has 1 N–H and O–H groups in total. The Morgan fingerprint density at radius 2 is 1.95 bits per heavy atom. The van der Waals surface area contributed by atoms with Gasteiger partial charge in [0.15, 0.2) is 0 Å². The van der Waals surface area contributed by atoms with Gasteiger partial charge in [-0.3, -0.25) is 4.98 Å². The fraction of sp³-hybridized carbons (Fsp3) is 0.267. The van der Waals surface area contributed by atoms with Crippen molar-refractivity contribution in [3.8, 4) is 11.5 Å². The topological polar surface area (TPSA) is 34.2 Å². The maximum Gasteiger partial charge on any atom is 0.416 e. The minimum absolute atomic E-state index is 0.124. The van der Waals surface area contributed by atoms with E-state index in [1.165, 1.54) is 18.3 Å². The summed E-state index contributed by atoms with van der Waals surface area (Å²) in [6, 6.07) is 6.45. The molecule has 0 unspecified atom stereocenters. The predicted molar refractivity (Wildman–Crippen MR) is 74.5 cm³/mol. The summed E-state index contributed by atoms with van der Waals surface area (Å²) in [6.07, 6.45) is -0.340. The Kier molecular flexibility index (Phi) is 4.67. The van der Waals surface area contributed by atoms with E-state index in [9.17, 15) is 13.2 Å². The standard InChI is InChI=1S/C15H15F3N2O/c1-2-6-20-12-8-14(10-19-9-12)21-13-5-3-4-11(7-13)15(16,17)18/h3-5,7-10,20H,2,6H2,1H3. The summed E-state index contributed by atoms with van der Waals surface area (Å²) in [6.45, 7) is 2.82. The molecule has 0 amide bonds. The van der Waals surface area contributed by atoms with Crippen LogP contribution < -0.4 is 10.1 Å². The molecule has 112 valence electrons. The van der Waals surface area contributed by atoms with Gasteiger partial charge in [0.05, 0.1) is 23.6 Å². The van der Waals surface area contributed by atoms with E-state index in [-0.39, 0.29) is 5.75 Å². The van der Waals surface area contributed by atoms with Crippen LogP contribution in [0.3, 0.4) is 0 Å². The number of pyridine rings is 1. The van der Waals surface area contributed by atoms with Crippen LogP contribution in [-0.4, -0.2) is 11.5 Å². The van der Waals surface area contributed by atoms with Gasteiger partial charge in [-0.25, -0.2) is 0 Å². The Bertz CT molecular complexity index is 599. The summed E-state index contributed by atoms with van der Waals surface area (Å²) in [5.74, 6) is 0.509. The second-order valence-electron chi connectivity index (χ2n) is 4.46. The number of alkyl halides is 3. The van der Waals surface area contributed by atoms with Crippen LogP contribution in [0.15, 0.2) is 42.7 Å². The van der Waals surface area contributed by atoms with Gasteiger partial charge < -0.3 is 10.1 Å². The first-order valence-electron chi connectivity index (χ1n) is 6.53. The molecule has 2 aromatic rings. The predicted octanol–water partition coefficient (Wildman–Crippen LogP) is 4.71. The molecule has 21 heavy (non-hydrogen) atoms. The van der Waals surface area contributed by atoms with E-state index in [0.29, 0.717) is 5.75 Å². The first-order valence-corrected chi connectivity index (χ1v) is 6.53. The van der Waals surface area contributed by atoms with E-state index in [0.717, 1.165) is 30.8 Å². The summed E-state index contributed by atoms with van der Waals surface area (Å²) in [7, 11) is 0. The lowest BCUT2D eigenvalue weighted by Gasteiger charge is -2.11. The van der Waals surface area contributed by atoms with Gasteiger partial charge in [-0.1, -0.05) is 13.0 Å². The highest BCUT2D eigenvalue weighted by Crippen LogP contribution is 2.32. The second kappa shape index (κ2) is 6.47. The quantitative estimate of drug-likeness (QED) is 0.867. The lowest BCUT2D eigenvalue weighted by Crippen LogP contribution is -2.04. The van der Waals surface area contributed by atoms with Crippen molar-refractivity contribution in [1.29, 1.82) is 0 Å². The van der Waals surface area contributed by atoms with Gasteiger partial charge in [0, 0.05) is 12.6 Å². The van der Waals surface area contributed by atoms with Gasteiger partial charge in [-0.15, -0.1) is 0 Å². The molecular formula is C15H15F3N2O. The Hall–Kier alpha value is -2.24. The molecule has 0 fully saturated rings. The van der Waals surface area contributed by atoms with Crippen molar-refractivity contribution in [2.24, 2.45) is 0 Å². The molecule has 1 heterocycles. The van der Waals surface area contributed by atoms with Crippen molar-refractivity contribution < 1.29 is 17.9 Å². The third-order valence-electron chi connectivity index (χ3n) is 2.69. The number of halogens is 3. The largest absolute Gasteiger partial charge is 0.456 e. The third kappa shape index (κ3) is 4.37. The number of nitrogens with zero attached hydrogens (tertiary/aromatic N) is 1. The van der Waals surface area contributed by atoms with Gasteiger partial charge in [-0.05, 0) is 24.6 Å². The van der Waals surface area contributed by atoms with Crippen LogP contribution in [0.1, 0.15) is 18.9 Å². The van der Waals surface area contributed by atoms with E-state index < -0.39 is 11.7 Å². The Labute approximate surface area is 120 Å². The number of benzene rings is 1. The molecule has 0 saturated heterocycles. The highest BCUT2D eigenvalue weighted by atomic mass is 19.4. The van der Waals surface area contributed by atoms with Crippen LogP contribution in [0.5, 0.6) is 11.5 Å². The van der Waals surface area contributed by atoms with Crippen molar-refractivity contribution >= 4 is 5.69 Å². The van der Waals surface area contributed by atoms with Gasteiger partial charge >= 0.3 is 6.18 Å². The maximum absolute atomic E-state index is 12.6. The summed E-state index contributed by atoms with van der Waals surface area (Å²) in [5.41, 5.74) is 0.0227. The summed E-state index contributed by atoms with van der Waals surface area (Å²) in [4.78, 5) is 4.00. The average molecular weight is 296 g/mol. The number of anilines is 1. The van der Waals surface area contributed by atoms with Crippen LogP contribution in [0, 0.1) is 0 Å². The molecule has 1 aromatic heterocycles. The summed E-state index contributed by atoms with van der Waals surface area (Å²) in [5, 5.41) is 3.13. The van der Waals surface area contributed by atoms with Crippen LogP contribution >= 0.6 is 0 Å². The van der Waals surface area contributed by atoms with Crippen molar-refractivity contribution in [1.82, 2.24) is 4.98 Å². The first-order chi connectivity index (χ1) is 9.99. The lowest BCUT2D eigenvalue weighted by molar-refractivity contribution is -0.137. The molecule has 0 saturated carbocycles. The molecule has 1 aromatic carbocycles. The molecule has 6 heteroatoms. The number of nitrogens with one attached hydrogen (secondary N) is 1. The van der Waals surface area contributed by atoms with E-state index in [2.05, 4.69) is 10.3 Å². The lowest BCUT2D eigenvalue weighted by atomic mass is 10.2. The van der Waals surface area contributed by atoms with E-state index in [1.807, 2.05) is 6.92 Å². The molecule has 0 aliphatic carbocycles. The van der Waals surface area contributed by atoms with Crippen molar-refractivity contribution in [3.05, 3.63) is 48.3 Å². The second-order valence-corrected chi connectivity index (χ2v) is 4.46. The van der Waals surface area contributed by atoms with Crippen molar-refractivity contribution in [2.75, 3.05) is 11.9 Å². The molecule has 0 atom stereocenters. The summed E-state index contributed by atoms with van der Waals surface area (Å²) < 4.78 is 43.3. The zero-order chi connectivity index (χ0) is 15.3. The molecule has 0 spiro atoms. The van der Waals surface area contributed by atoms with Gasteiger partial charge in [0.2, 0.25) is 0 Å². The van der Waals surface area contributed by atoms with Crippen LogP contribution in [0.25, 0.3) is 0 Å². The normalized spacial score (nSPS) is 11.2. The molecule has 3 nitrogen and oxygen atoms in total. The van der Waals surface area contributed by atoms with E-state index in [4.69, 9.17) is 4.74 Å². The van der Waals surface area contributed by atoms with Crippen LogP contribution in [-0.2, 0) is 6.18 Å². The summed E-state index contributed by atoms with van der Waals surface area (Å²) >= 11 is 0. The Morgan fingerprint density at radius 1 is 1.14 bits per heavy atom. The molecular weight excluding hydrogens is 281 g/mol. The van der Waals surface area contributed by atoms with Crippen LogP contribution in [0.2, 0.25) is 0 Å². The molecule has 0 radical (unpaired) electrons. The molecule has 0 bridgehead atoms. The SMILES string of the molecule is CCCNc1cncc(Oc2cccc(C(F)(F)F)c2)c1. The van der Waals surface area contributed by atoms with Gasteiger partial charge in [0.25, 0.3) is 0 Å². The maximum atomic E-state index is 12.6. The van der Waals surface area contributed by atoms with Gasteiger partial charge in [0.1, 0.15) is 11.5 Å². The molecule has 0 aliphatic heterocycles. The Balaban J connectivity index is 2.14. The van der Waals surface area contributed by atoms with Crippen LogP contribution in [0.4, 0.5) is 18.9 Å².